The average molecular weight is 371 g/mol. The van der Waals surface area contributed by atoms with Crippen molar-refractivity contribution >= 4 is 23.2 Å². The van der Waals surface area contributed by atoms with Crippen molar-refractivity contribution in [1.82, 2.24) is 5.32 Å². The molecule has 0 atom stereocenters. The molecule has 142 valence electrons. The fourth-order valence-corrected chi connectivity index (χ4v) is 2.45. The Labute approximate surface area is 156 Å². The summed E-state index contributed by atoms with van der Waals surface area (Å²) in [4.78, 5) is 35.4. The number of anilines is 1. The van der Waals surface area contributed by atoms with Crippen molar-refractivity contribution < 1.29 is 19.2 Å². The molecule has 2 aromatic carbocycles. The molecule has 0 spiro atoms. The molecule has 27 heavy (non-hydrogen) atoms. The third-order valence-electron chi connectivity index (χ3n) is 3.90. The number of carbonyl (C=O) groups excluding carboxylic acids is 2. The minimum atomic E-state index is -0.534. The number of benzene rings is 2. The third-order valence-corrected chi connectivity index (χ3v) is 3.90. The van der Waals surface area contributed by atoms with Crippen molar-refractivity contribution in [2.24, 2.45) is 0 Å². The van der Waals surface area contributed by atoms with E-state index in [2.05, 4.69) is 10.6 Å². The predicted molar refractivity (Wildman–Crippen MR) is 101 cm³/mol. The van der Waals surface area contributed by atoms with E-state index in [1.54, 1.807) is 38.3 Å². The molecule has 0 bridgehead atoms. The van der Waals surface area contributed by atoms with Gasteiger partial charge in [0, 0.05) is 37.5 Å². The highest BCUT2D eigenvalue weighted by atomic mass is 16.6. The van der Waals surface area contributed by atoms with Crippen LogP contribution in [0.15, 0.2) is 42.5 Å². The molecule has 0 saturated carbocycles. The van der Waals surface area contributed by atoms with Crippen LogP contribution in [0, 0.1) is 17.0 Å². The summed E-state index contributed by atoms with van der Waals surface area (Å²) in [6.07, 6.45) is 0.670. The molecule has 2 rings (SSSR count). The van der Waals surface area contributed by atoms with Crippen LogP contribution in [0.4, 0.5) is 11.4 Å². The number of nitrogens with zero attached hydrogens (tertiary/aromatic N) is 1. The molecule has 0 saturated heterocycles. The molecular formula is C19H21N3O5. The van der Waals surface area contributed by atoms with E-state index in [1.807, 2.05) is 0 Å². The molecule has 2 amide bonds. The molecular weight excluding hydrogens is 350 g/mol. The summed E-state index contributed by atoms with van der Waals surface area (Å²) < 4.78 is 4.93. The van der Waals surface area contributed by atoms with E-state index in [0.717, 1.165) is 0 Å². The molecule has 0 aliphatic rings. The number of amides is 2. The Morgan fingerprint density at radius 1 is 1.15 bits per heavy atom. The second-order valence-corrected chi connectivity index (χ2v) is 5.86. The van der Waals surface area contributed by atoms with Gasteiger partial charge in [0.05, 0.1) is 16.2 Å². The first-order valence-electron chi connectivity index (χ1n) is 8.36. The summed E-state index contributed by atoms with van der Waals surface area (Å²) in [7, 11) is 1.59. The highest BCUT2D eigenvalue weighted by Crippen LogP contribution is 2.21. The van der Waals surface area contributed by atoms with Crippen molar-refractivity contribution in [3.8, 4) is 0 Å². The van der Waals surface area contributed by atoms with E-state index in [4.69, 9.17) is 4.74 Å². The fraction of sp³-hybridized carbons (Fsp3) is 0.263. The van der Waals surface area contributed by atoms with E-state index in [0.29, 0.717) is 36.4 Å². The molecule has 2 aromatic rings. The average Bonchev–Trinajstić information content (AvgIpc) is 2.65. The maximum Gasteiger partial charge on any atom is 0.273 e. The Balaban J connectivity index is 2.16. The number of nitrogens with one attached hydrogen (secondary N) is 2. The zero-order chi connectivity index (χ0) is 19.8. The van der Waals surface area contributed by atoms with Crippen molar-refractivity contribution in [1.29, 1.82) is 0 Å². The van der Waals surface area contributed by atoms with Crippen molar-refractivity contribution in [3.63, 3.8) is 0 Å². The number of para-hydroxylation sites is 1. The maximum absolute atomic E-state index is 12.5. The van der Waals surface area contributed by atoms with Gasteiger partial charge in [-0.2, -0.15) is 0 Å². The SMILES string of the molecule is COCCCNC(=O)c1ccccc1NC(=O)c1ccc(C)c([N+](=O)[O-])c1. The second-order valence-electron chi connectivity index (χ2n) is 5.86. The summed E-state index contributed by atoms with van der Waals surface area (Å²) in [6, 6.07) is 10.8. The first-order valence-corrected chi connectivity index (χ1v) is 8.36. The van der Waals surface area contributed by atoms with Gasteiger partial charge in [-0.25, -0.2) is 0 Å². The number of nitro benzene ring substituents is 1. The van der Waals surface area contributed by atoms with E-state index < -0.39 is 10.8 Å². The van der Waals surface area contributed by atoms with Gasteiger partial charge in [-0.3, -0.25) is 19.7 Å². The number of hydrogen-bond acceptors (Lipinski definition) is 5. The lowest BCUT2D eigenvalue weighted by molar-refractivity contribution is -0.385. The number of nitro groups is 1. The van der Waals surface area contributed by atoms with Crippen LogP contribution in [0.3, 0.4) is 0 Å². The maximum atomic E-state index is 12.5. The third kappa shape index (κ3) is 5.35. The lowest BCUT2D eigenvalue weighted by Crippen LogP contribution is -2.26. The zero-order valence-corrected chi connectivity index (χ0v) is 15.2. The number of hydrogen-bond donors (Lipinski definition) is 2. The van der Waals surface area contributed by atoms with E-state index >= 15 is 0 Å². The molecule has 0 aliphatic heterocycles. The normalized spacial score (nSPS) is 10.3. The van der Waals surface area contributed by atoms with Gasteiger partial charge in [0.25, 0.3) is 17.5 Å². The van der Waals surface area contributed by atoms with E-state index in [-0.39, 0.29) is 17.2 Å². The van der Waals surface area contributed by atoms with Crippen LogP contribution in [-0.2, 0) is 4.74 Å². The summed E-state index contributed by atoms with van der Waals surface area (Å²) >= 11 is 0. The van der Waals surface area contributed by atoms with Gasteiger partial charge in [-0.15, -0.1) is 0 Å². The molecule has 0 unspecified atom stereocenters. The van der Waals surface area contributed by atoms with Crippen molar-refractivity contribution in [2.45, 2.75) is 13.3 Å². The molecule has 8 nitrogen and oxygen atoms in total. The van der Waals surface area contributed by atoms with Crippen LogP contribution < -0.4 is 10.6 Å². The smallest absolute Gasteiger partial charge is 0.273 e. The minimum absolute atomic E-state index is 0.133. The Kier molecular flexibility index (Phi) is 7.01. The van der Waals surface area contributed by atoms with Gasteiger partial charge in [0.15, 0.2) is 0 Å². The molecule has 0 aromatic heterocycles. The molecule has 2 N–H and O–H groups in total. The number of carbonyl (C=O) groups is 2. The van der Waals surface area contributed by atoms with Crippen molar-refractivity contribution in [2.75, 3.05) is 25.6 Å². The fourth-order valence-electron chi connectivity index (χ4n) is 2.45. The minimum Gasteiger partial charge on any atom is -0.385 e. The van der Waals surface area contributed by atoms with Crippen LogP contribution in [0.5, 0.6) is 0 Å². The highest BCUT2D eigenvalue weighted by Gasteiger charge is 2.17. The summed E-state index contributed by atoms with van der Waals surface area (Å²) in [5, 5.41) is 16.5. The summed E-state index contributed by atoms with van der Waals surface area (Å²) in [5.74, 6) is -0.852. The Hall–Kier alpha value is -3.26. The lowest BCUT2D eigenvalue weighted by atomic mass is 10.1. The monoisotopic (exact) mass is 371 g/mol. The number of rotatable bonds is 8. The summed E-state index contributed by atoms with van der Waals surface area (Å²) in [5.41, 5.74) is 1.11. The summed E-state index contributed by atoms with van der Waals surface area (Å²) in [6.45, 7) is 2.58. The Morgan fingerprint density at radius 2 is 1.89 bits per heavy atom. The van der Waals surface area contributed by atoms with Gasteiger partial charge < -0.3 is 15.4 Å². The van der Waals surface area contributed by atoms with Crippen LogP contribution in [0.1, 0.15) is 32.7 Å². The molecule has 0 heterocycles. The Morgan fingerprint density at radius 3 is 2.59 bits per heavy atom. The van der Waals surface area contributed by atoms with Gasteiger partial charge in [0.1, 0.15) is 0 Å². The van der Waals surface area contributed by atoms with Crippen LogP contribution >= 0.6 is 0 Å². The number of ether oxygens (including phenoxy) is 1. The molecule has 0 aliphatic carbocycles. The molecule has 0 radical (unpaired) electrons. The molecule has 8 heteroatoms. The Bertz CT molecular complexity index is 851. The van der Waals surface area contributed by atoms with Gasteiger partial charge in [-0.1, -0.05) is 18.2 Å². The quantitative estimate of drug-likeness (QED) is 0.421. The topological polar surface area (TPSA) is 111 Å². The number of methoxy groups -OCH3 is 1. The highest BCUT2D eigenvalue weighted by molar-refractivity contribution is 6.09. The van der Waals surface area contributed by atoms with E-state index in [1.165, 1.54) is 18.2 Å². The van der Waals surface area contributed by atoms with Gasteiger partial charge >= 0.3 is 0 Å². The van der Waals surface area contributed by atoms with Crippen LogP contribution in [0.25, 0.3) is 0 Å². The van der Waals surface area contributed by atoms with Gasteiger partial charge in [0.2, 0.25) is 0 Å². The zero-order valence-electron chi connectivity index (χ0n) is 15.2. The van der Waals surface area contributed by atoms with Crippen LogP contribution in [-0.4, -0.2) is 37.0 Å². The van der Waals surface area contributed by atoms with Crippen molar-refractivity contribution in [3.05, 3.63) is 69.3 Å². The first kappa shape index (κ1) is 20.1. The largest absolute Gasteiger partial charge is 0.385 e. The number of aryl methyl sites for hydroxylation is 1. The lowest BCUT2D eigenvalue weighted by Gasteiger charge is -2.11. The molecule has 0 fully saturated rings. The standard InChI is InChI=1S/C19H21N3O5/c1-13-8-9-14(12-17(13)22(25)26)18(23)21-16-7-4-3-6-15(16)19(24)20-10-5-11-27-2/h3-4,6-9,12H,5,10-11H2,1-2H3,(H,20,24)(H,21,23). The first-order chi connectivity index (χ1) is 12.9. The second kappa shape index (κ2) is 9.44. The van der Waals surface area contributed by atoms with E-state index in [9.17, 15) is 19.7 Å². The van der Waals surface area contributed by atoms with Crippen LogP contribution in [0.2, 0.25) is 0 Å². The predicted octanol–water partition coefficient (Wildman–Crippen LogP) is 2.92. The van der Waals surface area contributed by atoms with Gasteiger partial charge in [-0.05, 0) is 31.5 Å².